The maximum Gasteiger partial charge on any atom is -0.0181 e. The fraction of sp³-hybridized carbons (Fsp3) is 0.375. The van der Waals surface area contributed by atoms with E-state index in [0.717, 1.165) is 6.42 Å². The average Bonchev–Trinajstić information content (AvgIpc) is 2.28. The molecule has 0 aromatic heterocycles. The number of fused-ring (bicyclic) bond motifs is 1. The van der Waals surface area contributed by atoms with Crippen LogP contribution < -0.4 is 0 Å². The average molecular weight is 212 g/mol. The summed E-state index contributed by atoms with van der Waals surface area (Å²) >= 11 is 0. The van der Waals surface area contributed by atoms with Crippen LogP contribution in [0.2, 0.25) is 0 Å². The summed E-state index contributed by atoms with van der Waals surface area (Å²) in [5.74, 6) is 0. The molecular formula is C16H20. The SMILES string of the molecule is CCC(C)(C)Cc1ccc2ccccc2c1. The Kier molecular flexibility index (Phi) is 3.00. The summed E-state index contributed by atoms with van der Waals surface area (Å²) < 4.78 is 0. The lowest BCUT2D eigenvalue weighted by Crippen LogP contribution is -2.13. The van der Waals surface area contributed by atoms with Gasteiger partial charge in [0.2, 0.25) is 0 Å². The first kappa shape index (κ1) is 11.2. The van der Waals surface area contributed by atoms with Crippen molar-refractivity contribution >= 4 is 10.8 Å². The van der Waals surface area contributed by atoms with Crippen molar-refractivity contribution in [2.75, 3.05) is 0 Å². The molecule has 0 aliphatic carbocycles. The van der Waals surface area contributed by atoms with Crippen molar-refractivity contribution < 1.29 is 0 Å². The number of benzene rings is 2. The summed E-state index contributed by atoms with van der Waals surface area (Å²) in [6, 6.07) is 15.4. The predicted molar refractivity (Wildman–Crippen MR) is 71.7 cm³/mol. The first-order valence-electron chi connectivity index (χ1n) is 6.08. The highest BCUT2D eigenvalue weighted by Crippen LogP contribution is 2.27. The quantitative estimate of drug-likeness (QED) is 0.684. The van der Waals surface area contributed by atoms with E-state index < -0.39 is 0 Å². The van der Waals surface area contributed by atoms with Gasteiger partial charge in [0, 0.05) is 0 Å². The Balaban J connectivity index is 2.33. The largest absolute Gasteiger partial charge is 0.0649 e. The van der Waals surface area contributed by atoms with Gasteiger partial charge in [0.1, 0.15) is 0 Å². The predicted octanol–water partition coefficient (Wildman–Crippen LogP) is 4.82. The second kappa shape index (κ2) is 4.29. The molecule has 0 atom stereocenters. The third-order valence-corrected chi connectivity index (χ3v) is 3.45. The molecule has 0 heteroatoms. The van der Waals surface area contributed by atoms with Crippen LogP contribution in [0.3, 0.4) is 0 Å². The zero-order valence-electron chi connectivity index (χ0n) is 10.5. The summed E-state index contributed by atoms with van der Waals surface area (Å²) in [5, 5.41) is 2.69. The molecule has 0 nitrogen and oxygen atoms in total. The van der Waals surface area contributed by atoms with E-state index in [2.05, 4.69) is 63.2 Å². The van der Waals surface area contributed by atoms with Gasteiger partial charge < -0.3 is 0 Å². The van der Waals surface area contributed by atoms with Gasteiger partial charge in [0.05, 0.1) is 0 Å². The Labute approximate surface area is 98.3 Å². The van der Waals surface area contributed by atoms with Crippen molar-refractivity contribution in [2.45, 2.75) is 33.6 Å². The summed E-state index contributed by atoms with van der Waals surface area (Å²) in [7, 11) is 0. The van der Waals surface area contributed by atoms with E-state index in [1.165, 1.54) is 22.8 Å². The summed E-state index contributed by atoms with van der Waals surface area (Å²) in [6.45, 7) is 6.94. The first-order valence-corrected chi connectivity index (χ1v) is 6.08. The van der Waals surface area contributed by atoms with Crippen LogP contribution in [-0.2, 0) is 6.42 Å². The van der Waals surface area contributed by atoms with Crippen LogP contribution in [0.4, 0.5) is 0 Å². The Morgan fingerprint density at radius 3 is 2.31 bits per heavy atom. The highest BCUT2D eigenvalue weighted by Gasteiger charge is 2.15. The van der Waals surface area contributed by atoms with E-state index >= 15 is 0 Å². The normalized spacial score (nSPS) is 11.9. The molecule has 0 saturated carbocycles. The van der Waals surface area contributed by atoms with Gasteiger partial charge in [-0.1, -0.05) is 69.7 Å². The smallest absolute Gasteiger partial charge is 0.0181 e. The molecule has 0 saturated heterocycles. The van der Waals surface area contributed by atoms with Crippen molar-refractivity contribution in [2.24, 2.45) is 5.41 Å². The second-order valence-electron chi connectivity index (χ2n) is 5.38. The van der Waals surface area contributed by atoms with E-state index in [9.17, 15) is 0 Å². The molecule has 0 spiro atoms. The fourth-order valence-corrected chi connectivity index (χ4v) is 2.03. The molecule has 84 valence electrons. The molecule has 2 aromatic carbocycles. The summed E-state index contributed by atoms with van der Waals surface area (Å²) in [5.41, 5.74) is 1.85. The lowest BCUT2D eigenvalue weighted by molar-refractivity contribution is 0.349. The van der Waals surface area contributed by atoms with E-state index in [4.69, 9.17) is 0 Å². The molecule has 0 bridgehead atoms. The van der Waals surface area contributed by atoms with Crippen LogP contribution in [0, 0.1) is 5.41 Å². The third kappa shape index (κ3) is 2.44. The Morgan fingerprint density at radius 1 is 0.938 bits per heavy atom. The van der Waals surface area contributed by atoms with Crippen molar-refractivity contribution in [1.29, 1.82) is 0 Å². The Morgan fingerprint density at radius 2 is 1.62 bits per heavy atom. The minimum Gasteiger partial charge on any atom is -0.0649 e. The first-order chi connectivity index (χ1) is 7.61. The third-order valence-electron chi connectivity index (χ3n) is 3.45. The van der Waals surface area contributed by atoms with Gasteiger partial charge in [-0.3, -0.25) is 0 Å². The van der Waals surface area contributed by atoms with Crippen LogP contribution in [0.15, 0.2) is 42.5 Å². The van der Waals surface area contributed by atoms with Gasteiger partial charge >= 0.3 is 0 Å². The molecule has 16 heavy (non-hydrogen) atoms. The lowest BCUT2D eigenvalue weighted by atomic mass is 9.83. The molecule has 2 aromatic rings. The summed E-state index contributed by atoms with van der Waals surface area (Å²) in [4.78, 5) is 0. The van der Waals surface area contributed by atoms with Crippen molar-refractivity contribution in [3.05, 3.63) is 48.0 Å². The summed E-state index contributed by atoms with van der Waals surface area (Å²) in [6.07, 6.45) is 2.38. The molecule has 0 amide bonds. The molecule has 0 aliphatic rings. The van der Waals surface area contributed by atoms with E-state index in [1.807, 2.05) is 0 Å². The number of hydrogen-bond donors (Lipinski definition) is 0. The zero-order chi connectivity index (χ0) is 11.6. The minimum atomic E-state index is 0.405. The standard InChI is InChI=1S/C16H20/c1-4-16(2,3)12-13-9-10-14-7-5-6-8-15(14)11-13/h5-11H,4,12H2,1-3H3. The Bertz CT molecular complexity index is 480. The molecule has 0 fully saturated rings. The van der Waals surface area contributed by atoms with Crippen LogP contribution in [0.1, 0.15) is 32.8 Å². The molecule has 0 heterocycles. The number of rotatable bonds is 3. The number of hydrogen-bond acceptors (Lipinski definition) is 0. The van der Waals surface area contributed by atoms with Gasteiger partial charge in [-0.05, 0) is 28.2 Å². The Hall–Kier alpha value is -1.30. The van der Waals surface area contributed by atoms with Gasteiger partial charge in [-0.2, -0.15) is 0 Å². The molecule has 0 N–H and O–H groups in total. The minimum absolute atomic E-state index is 0.405. The molecule has 0 radical (unpaired) electrons. The fourth-order valence-electron chi connectivity index (χ4n) is 2.03. The molecular weight excluding hydrogens is 192 g/mol. The topological polar surface area (TPSA) is 0 Å². The monoisotopic (exact) mass is 212 g/mol. The molecule has 2 rings (SSSR count). The molecule has 0 aliphatic heterocycles. The maximum atomic E-state index is 2.34. The lowest BCUT2D eigenvalue weighted by Gasteiger charge is -2.22. The molecule has 0 unspecified atom stereocenters. The van der Waals surface area contributed by atoms with E-state index in [0.29, 0.717) is 5.41 Å². The van der Waals surface area contributed by atoms with Gasteiger partial charge in [-0.25, -0.2) is 0 Å². The highest BCUT2D eigenvalue weighted by atomic mass is 14.2. The zero-order valence-corrected chi connectivity index (χ0v) is 10.5. The van der Waals surface area contributed by atoms with Crippen LogP contribution in [0.5, 0.6) is 0 Å². The van der Waals surface area contributed by atoms with Crippen LogP contribution in [0.25, 0.3) is 10.8 Å². The van der Waals surface area contributed by atoms with Gasteiger partial charge in [0.25, 0.3) is 0 Å². The van der Waals surface area contributed by atoms with E-state index in [1.54, 1.807) is 0 Å². The van der Waals surface area contributed by atoms with Crippen molar-refractivity contribution in [3.8, 4) is 0 Å². The van der Waals surface area contributed by atoms with Gasteiger partial charge in [-0.15, -0.1) is 0 Å². The highest BCUT2D eigenvalue weighted by molar-refractivity contribution is 5.82. The van der Waals surface area contributed by atoms with E-state index in [-0.39, 0.29) is 0 Å². The van der Waals surface area contributed by atoms with Crippen LogP contribution in [-0.4, -0.2) is 0 Å². The van der Waals surface area contributed by atoms with Crippen molar-refractivity contribution in [3.63, 3.8) is 0 Å². The van der Waals surface area contributed by atoms with Crippen LogP contribution >= 0.6 is 0 Å². The van der Waals surface area contributed by atoms with Gasteiger partial charge in [0.15, 0.2) is 0 Å². The maximum absolute atomic E-state index is 2.34. The second-order valence-corrected chi connectivity index (χ2v) is 5.38. The van der Waals surface area contributed by atoms with Crippen molar-refractivity contribution in [1.82, 2.24) is 0 Å².